The van der Waals surface area contributed by atoms with Gasteiger partial charge < -0.3 is 10.6 Å². The third-order valence-corrected chi connectivity index (χ3v) is 1.17. The lowest BCUT2D eigenvalue weighted by Gasteiger charge is -2.09. The lowest BCUT2D eigenvalue weighted by Crippen LogP contribution is -2.49. The highest BCUT2D eigenvalue weighted by Crippen LogP contribution is 1.64. The number of carbonyl (C=O) groups is 1. The number of hydrogen-bond acceptors (Lipinski definition) is 2. The molecule has 2 amide bonds. The van der Waals surface area contributed by atoms with Crippen molar-refractivity contribution < 1.29 is 4.79 Å². The van der Waals surface area contributed by atoms with Crippen molar-refractivity contribution in [1.82, 2.24) is 21.5 Å². The van der Waals surface area contributed by atoms with Crippen molar-refractivity contribution in [3.05, 3.63) is 12.7 Å². The molecule has 0 saturated carbocycles. The van der Waals surface area contributed by atoms with Crippen LogP contribution in [-0.4, -0.2) is 24.7 Å². The van der Waals surface area contributed by atoms with Gasteiger partial charge in [0.05, 0.1) is 0 Å². The number of amides is 2. The number of urea groups is 1. The van der Waals surface area contributed by atoms with Gasteiger partial charge in [0.1, 0.15) is 0 Å². The van der Waals surface area contributed by atoms with Crippen molar-refractivity contribution in [3.63, 3.8) is 0 Å². The van der Waals surface area contributed by atoms with Crippen LogP contribution < -0.4 is 21.5 Å². The van der Waals surface area contributed by atoms with Gasteiger partial charge in [0.2, 0.25) is 0 Å². The van der Waals surface area contributed by atoms with Gasteiger partial charge in [-0.15, -0.1) is 6.58 Å². The summed E-state index contributed by atoms with van der Waals surface area (Å²) in [6.07, 6.45) is 1.66. The van der Waals surface area contributed by atoms with E-state index in [2.05, 4.69) is 28.1 Å². The maximum absolute atomic E-state index is 10.6. The number of thiocarbonyl (C=S) groups is 1. The molecule has 6 heteroatoms. The molecule has 0 heterocycles. The van der Waals surface area contributed by atoms with E-state index in [-0.39, 0.29) is 6.03 Å². The van der Waals surface area contributed by atoms with E-state index in [0.29, 0.717) is 11.7 Å². The summed E-state index contributed by atoms with van der Waals surface area (Å²) >= 11 is 4.77. The Bertz CT molecular complexity index is 182. The summed E-state index contributed by atoms with van der Waals surface area (Å²) in [5.41, 5.74) is 4.78. The van der Waals surface area contributed by atoms with Crippen molar-refractivity contribution in [2.45, 2.75) is 0 Å². The van der Waals surface area contributed by atoms with E-state index in [1.54, 1.807) is 6.08 Å². The molecular formula is C6H12N4OS. The molecule has 0 aromatic rings. The minimum absolute atomic E-state index is 0.346. The van der Waals surface area contributed by atoms with Gasteiger partial charge in [-0.3, -0.25) is 5.43 Å². The molecule has 0 aromatic heterocycles. The molecule has 0 bridgehead atoms. The van der Waals surface area contributed by atoms with Crippen LogP contribution in [0.4, 0.5) is 4.79 Å². The first-order chi connectivity index (χ1) is 5.70. The van der Waals surface area contributed by atoms with Crippen molar-refractivity contribution in [1.29, 1.82) is 0 Å². The Labute approximate surface area is 76.6 Å². The largest absolute Gasteiger partial charge is 0.358 e. The molecule has 0 aliphatic rings. The quantitative estimate of drug-likeness (QED) is 0.267. The predicted molar refractivity (Wildman–Crippen MR) is 51.5 cm³/mol. The Hall–Kier alpha value is -1.30. The van der Waals surface area contributed by atoms with Crippen LogP contribution >= 0.6 is 12.2 Å². The predicted octanol–water partition coefficient (Wildman–Crippen LogP) is -0.520. The minimum Gasteiger partial charge on any atom is -0.358 e. The number of hydrogen-bond donors (Lipinski definition) is 4. The zero-order valence-corrected chi connectivity index (χ0v) is 7.62. The first-order valence-corrected chi connectivity index (χ1v) is 3.74. The Balaban J connectivity index is 3.43. The third kappa shape index (κ3) is 5.48. The second-order valence-corrected chi connectivity index (χ2v) is 2.24. The highest BCUT2D eigenvalue weighted by atomic mass is 32.1. The van der Waals surface area contributed by atoms with Gasteiger partial charge in [0.15, 0.2) is 5.11 Å². The zero-order valence-electron chi connectivity index (χ0n) is 6.81. The number of carbonyl (C=O) groups excluding carboxylic acids is 1. The lowest BCUT2D eigenvalue weighted by atomic mass is 10.6. The van der Waals surface area contributed by atoms with E-state index in [1.807, 2.05) is 0 Å². The monoisotopic (exact) mass is 188 g/mol. The number of nitrogens with one attached hydrogen (secondary N) is 4. The van der Waals surface area contributed by atoms with Crippen molar-refractivity contribution in [2.75, 3.05) is 13.6 Å². The lowest BCUT2D eigenvalue weighted by molar-refractivity contribution is 0.241. The number of rotatable bonds is 2. The summed E-state index contributed by atoms with van der Waals surface area (Å²) in [5, 5.41) is 5.47. The van der Waals surface area contributed by atoms with Gasteiger partial charge in [0.25, 0.3) is 0 Å². The zero-order chi connectivity index (χ0) is 9.40. The first kappa shape index (κ1) is 10.7. The molecule has 68 valence electrons. The average Bonchev–Trinajstić information content (AvgIpc) is 2.10. The highest BCUT2D eigenvalue weighted by molar-refractivity contribution is 7.80. The van der Waals surface area contributed by atoms with Crippen LogP contribution in [0.15, 0.2) is 12.7 Å². The summed E-state index contributed by atoms with van der Waals surface area (Å²) in [7, 11) is 1.51. The van der Waals surface area contributed by atoms with Crippen molar-refractivity contribution in [3.8, 4) is 0 Å². The first-order valence-electron chi connectivity index (χ1n) is 3.33. The average molecular weight is 188 g/mol. The van der Waals surface area contributed by atoms with Gasteiger partial charge in [-0.05, 0) is 12.2 Å². The molecule has 4 N–H and O–H groups in total. The molecular weight excluding hydrogens is 176 g/mol. The Kier molecular flexibility index (Phi) is 5.72. The van der Waals surface area contributed by atoms with Crippen LogP contribution in [0.25, 0.3) is 0 Å². The summed E-state index contributed by atoms with van der Waals surface area (Å²) in [4.78, 5) is 10.6. The second kappa shape index (κ2) is 6.41. The van der Waals surface area contributed by atoms with E-state index in [1.165, 1.54) is 7.05 Å². The SMILES string of the molecule is C=CCNC(=S)NNC(=O)NC. The fourth-order valence-electron chi connectivity index (χ4n) is 0.385. The van der Waals surface area contributed by atoms with Crippen LogP contribution in [0.1, 0.15) is 0 Å². The van der Waals surface area contributed by atoms with Crippen LogP contribution in [0.3, 0.4) is 0 Å². The molecule has 12 heavy (non-hydrogen) atoms. The van der Waals surface area contributed by atoms with E-state index >= 15 is 0 Å². The smallest absolute Gasteiger partial charge is 0.333 e. The molecule has 0 unspecified atom stereocenters. The third-order valence-electron chi connectivity index (χ3n) is 0.924. The molecule has 0 aromatic carbocycles. The molecule has 0 aliphatic heterocycles. The molecule has 0 radical (unpaired) electrons. The topological polar surface area (TPSA) is 65.2 Å². The van der Waals surface area contributed by atoms with E-state index < -0.39 is 0 Å². The summed E-state index contributed by atoms with van der Waals surface area (Å²) < 4.78 is 0. The second-order valence-electron chi connectivity index (χ2n) is 1.83. The molecule has 0 aliphatic carbocycles. The van der Waals surface area contributed by atoms with Gasteiger partial charge in [0, 0.05) is 13.6 Å². The fourth-order valence-corrected chi connectivity index (χ4v) is 0.519. The van der Waals surface area contributed by atoms with Crippen LogP contribution in [0, 0.1) is 0 Å². The Morgan fingerprint density at radius 3 is 2.75 bits per heavy atom. The van der Waals surface area contributed by atoms with Crippen LogP contribution in [0.5, 0.6) is 0 Å². The molecule has 0 fully saturated rings. The summed E-state index contributed by atoms with van der Waals surface area (Å²) in [6.45, 7) is 4.05. The Morgan fingerprint density at radius 1 is 1.58 bits per heavy atom. The maximum atomic E-state index is 10.6. The van der Waals surface area contributed by atoms with Crippen molar-refractivity contribution in [2.24, 2.45) is 0 Å². The Morgan fingerprint density at radius 2 is 2.25 bits per heavy atom. The molecule has 0 atom stereocenters. The standard InChI is InChI=1S/C6H12N4OS/c1-3-4-8-6(12)10-9-5(11)7-2/h3H,1,4H2,2H3,(H2,7,9,11)(H2,8,10,12). The van der Waals surface area contributed by atoms with Gasteiger partial charge in [-0.1, -0.05) is 6.08 Å². The molecule has 0 saturated heterocycles. The van der Waals surface area contributed by atoms with E-state index in [0.717, 1.165) is 0 Å². The number of hydrazine groups is 1. The van der Waals surface area contributed by atoms with Crippen molar-refractivity contribution >= 4 is 23.4 Å². The van der Waals surface area contributed by atoms with Gasteiger partial charge in [-0.25, -0.2) is 10.2 Å². The normalized spacial score (nSPS) is 8.08. The van der Waals surface area contributed by atoms with Gasteiger partial charge >= 0.3 is 6.03 Å². The van der Waals surface area contributed by atoms with Crippen LogP contribution in [-0.2, 0) is 0 Å². The molecule has 0 spiro atoms. The maximum Gasteiger partial charge on any atom is 0.333 e. The van der Waals surface area contributed by atoms with Crippen LogP contribution in [0.2, 0.25) is 0 Å². The van der Waals surface area contributed by atoms with Gasteiger partial charge in [-0.2, -0.15) is 0 Å². The summed E-state index contributed by atoms with van der Waals surface area (Å²) in [6, 6.07) is -0.349. The molecule has 5 nitrogen and oxygen atoms in total. The highest BCUT2D eigenvalue weighted by Gasteiger charge is 1.95. The summed E-state index contributed by atoms with van der Waals surface area (Å²) in [5.74, 6) is 0. The van der Waals surface area contributed by atoms with E-state index in [9.17, 15) is 4.79 Å². The minimum atomic E-state index is -0.349. The molecule has 0 rings (SSSR count). The fraction of sp³-hybridized carbons (Fsp3) is 0.333. The van der Waals surface area contributed by atoms with E-state index in [4.69, 9.17) is 12.2 Å².